The zero-order valence-corrected chi connectivity index (χ0v) is 20.8. The van der Waals surface area contributed by atoms with Crippen molar-refractivity contribution in [3.05, 3.63) is 62.2 Å². The van der Waals surface area contributed by atoms with Gasteiger partial charge in [-0.15, -0.1) is 11.3 Å². The summed E-state index contributed by atoms with van der Waals surface area (Å²) in [7, 11) is 1.38. The van der Waals surface area contributed by atoms with Crippen LogP contribution >= 0.6 is 22.9 Å². The molecule has 3 aliphatic rings. The first-order chi connectivity index (χ1) is 16.4. The number of carbonyl (C=O) groups excluding carboxylic acids is 2. The van der Waals surface area contributed by atoms with Gasteiger partial charge in [0.2, 0.25) is 5.91 Å². The van der Waals surface area contributed by atoms with Crippen LogP contribution in [0.1, 0.15) is 35.5 Å². The van der Waals surface area contributed by atoms with Crippen molar-refractivity contribution in [1.29, 1.82) is 0 Å². The van der Waals surface area contributed by atoms with Gasteiger partial charge in [0.15, 0.2) is 10.8 Å². The number of halogens is 1. The van der Waals surface area contributed by atoms with Crippen molar-refractivity contribution in [2.24, 2.45) is 4.99 Å². The highest BCUT2D eigenvalue weighted by Gasteiger charge is 2.45. The van der Waals surface area contributed by atoms with Crippen LogP contribution in [-0.4, -0.2) is 71.3 Å². The van der Waals surface area contributed by atoms with E-state index in [0.29, 0.717) is 29.5 Å². The quantitative estimate of drug-likeness (QED) is 0.636. The molecule has 0 aliphatic carbocycles. The van der Waals surface area contributed by atoms with E-state index in [-0.39, 0.29) is 18.0 Å². The zero-order valence-electron chi connectivity index (χ0n) is 19.2. The molecule has 0 saturated carbocycles. The Balaban J connectivity index is 1.55. The lowest BCUT2D eigenvalue weighted by Gasteiger charge is -2.36. The van der Waals surface area contributed by atoms with Crippen molar-refractivity contribution in [2.45, 2.75) is 38.4 Å². The molecular formula is C24H26ClN5O3S. The maximum Gasteiger partial charge on any atom is 0.338 e. The van der Waals surface area contributed by atoms with Gasteiger partial charge in [-0.2, -0.15) is 0 Å². The summed E-state index contributed by atoms with van der Waals surface area (Å²) < 4.78 is 5.20. The first kappa shape index (κ1) is 23.0. The van der Waals surface area contributed by atoms with Crippen molar-refractivity contribution >= 4 is 40.6 Å². The molecule has 178 valence electrons. The molecule has 3 aliphatic heterocycles. The molecule has 34 heavy (non-hydrogen) atoms. The van der Waals surface area contributed by atoms with Crippen molar-refractivity contribution in [1.82, 2.24) is 20.1 Å². The van der Waals surface area contributed by atoms with Crippen LogP contribution in [0.4, 0.5) is 0 Å². The average molecular weight is 500 g/mol. The van der Waals surface area contributed by atoms with E-state index in [4.69, 9.17) is 21.3 Å². The van der Waals surface area contributed by atoms with Crippen LogP contribution in [0.3, 0.4) is 0 Å². The van der Waals surface area contributed by atoms with E-state index < -0.39 is 12.0 Å². The molecule has 5 rings (SSSR count). The SMILES string of the molecule is COC(=O)C1=C(CN2CC3CC2CN3C(C)=O)NC(c2nccs2)=NC1c1ccc(C)cc1Cl. The monoisotopic (exact) mass is 499 g/mol. The number of amidine groups is 1. The highest BCUT2D eigenvalue weighted by Crippen LogP contribution is 2.38. The molecule has 1 aromatic carbocycles. The number of carbonyl (C=O) groups is 2. The number of likely N-dealkylation sites (tertiary alicyclic amines) is 2. The fourth-order valence-corrected chi connectivity index (χ4v) is 6.06. The Labute approximate surface area is 207 Å². The van der Waals surface area contributed by atoms with Crippen LogP contribution in [0.5, 0.6) is 0 Å². The Morgan fingerprint density at radius 2 is 2.12 bits per heavy atom. The fourth-order valence-electron chi connectivity index (χ4n) is 5.13. The summed E-state index contributed by atoms with van der Waals surface area (Å²) >= 11 is 8.11. The number of methoxy groups -OCH3 is 1. The van der Waals surface area contributed by atoms with E-state index in [1.165, 1.54) is 18.4 Å². The summed E-state index contributed by atoms with van der Waals surface area (Å²) in [5, 5.41) is 6.56. The number of thiazole rings is 1. The van der Waals surface area contributed by atoms with Gasteiger partial charge in [-0.1, -0.05) is 23.7 Å². The number of piperazine rings is 1. The normalized spacial score (nSPS) is 24.3. The molecule has 1 N–H and O–H groups in total. The van der Waals surface area contributed by atoms with Crippen LogP contribution in [0.15, 0.2) is 46.0 Å². The summed E-state index contributed by atoms with van der Waals surface area (Å²) in [5.74, 6) is 0.277. The predicted octanol–water partition coefficient (Wildman–Crippen LogP) is 2.93. The number of esters is 1. The predicted molar refractivity (Wildman–Crippen MR) is 131 cm³/mol. The number of hydrogen-bond acceptors (Lipinski definition) is 8. The Morgan fingerprint density at radius 1 is 1.29 bits per heavy atom. The third-order valence-electron chi connectivity index (χ3n) is 6.74. The van der Waals surface area contributed by atoms with E-state index in [9.17, 15) is 9.59 Å². The second-order valence-electron chi connectivity index (χ2n) is 8.90. The van der Waals surface area contributed by atoms with Gasteiger partial charge in [0.05, 0.1) is 12.7 Å². The molecule has 4 heterocycles. The van der Waals surface area contributed by atoms with Gasteiger partial charge in [-0.25, -0.2) is 9.78 Å². The molecule has 0 radical (unpaired) electrons. The van der Waals surface area contributed by atoms with Gasteiger partial charge in [0.1, 0.15) is 6.04 Å². The van der Waals surface area contributed by atoms with E-state index in [1.54, 1.807) is 13.1 Å². The van der Waals surface area contributed by atoms with Crippen molar-refractivity contribution < 1.29 is 14.3 Å². The van der Waals surface area contributed by atoms with Crippen molar-refractivity contribution in [3.63, 3.8) is 0 Å². The van der Waals surface area contributed by atoms with Gasteiger partial charge < -0.3 is 15.0 Å². The van der Waals surface area contributed by atoms with Crippen molar-refractivity contribution in [2.75, 3.05) is 26.7 Å². The lowest BCUT2D eigenvalue weighted by atomic mass is 9.94. The number of hydrogen-bond donors (Lipinski definition) is 1. The third kappa shape index (κ3) is 4.12. The Bertz CT molecular complexity index is 1200. The Morgan fingerprint density at radius 3 is 2.74 bits per heavy atom. The van der Waals surface area contributed by atoms with Crippen LogP contribution in [-0.2, 0) is 14.3 Å². The molecule has 3 unspecified atom stereocenters. The minimum Gasteiger partial charge on any atom is -0.466 e. The van der Waals surface area contributed by atoms with E-state index in [0.717, 1.165) is 34.8 Å². The van der Waals surface area contributed by atoms with Gasteiger partial charge in [0.25, 0.3) is 0 Å². The van der Waals surface area contributed by atoms with E-state index >= 15 is 0 Å². The second-order valence-corrected chi connectivity index (χ2v) is 10.2. The number of benzene rings is 1. The number of amides is 1. The molecular weight excluding hydrogens is 474 g/mol. The van der Waals surface area contributed by atoms with Gasteiger partial charge >= 0.3 is 5.97 Å². The number of ether oxygens (including phenoxy) is 1. The zero-order chi connectivity index (χ0) is 24.0. The molecule has 8 nitrogen and oxygen atoms in total. The topological polar surface area (TPSA) is 87.1 Å². The van der Waals surface area contributed by atoms with E-state index in [1.807, 2.05) is 35.4 Å². The molecule has 1 amide bonds. The molecule has 10 heteroatoms. The molecule has 2 aromatic rings. The first-order valence-corrected chi connectivity index (χ1v) is 12.4. The summed E-state index contributed by atoms with van der Waals surface area (Å²) in [6, 6.07) is 5.60. The molecule has 3 atom stereocenters. The average Bonchev–Trinajstić information content (AvgIpc) is 3.56. The highest BCUT2D eigenvalue weighted by atomic mass is 35.5. The largest absolute Gasteiger partial charge is 0.466 e. The van der Waals surface area contributed by atoms with Crippen LogP contribution < -0.4 is 5.32 Å². The smallest absolute Gasteiger partial charge is 0.338 e. The Kier molecular flexibility index (Phi) is 6.18. The molecule has 0 spiro atoms. The lowest BCUT2D eigenvalue weighted by Crippen LogP contribution is -2.50. The number of aromatic nitrogens is 1. The van der Waals surface area contributed by atoms with Crippen molar-refractivity contribution in [3.8, 4) is 0 Å². The number of nitrogens with one attached hydrogen (secondary N) is 1. The number of aliphatic imine (C=N–C) groups is 1. The van der Waals surface area contributed by atoms with Crippen LogP contribution in [0.25, 0.3) is 0 Å². The summed E-state index contributed by atoms with van der Waals surface area (Å²) in [6.07, 6.45) is 2.67. The van der Waals surface area contributed by atoms with Gasteiger partial charge in [-0.05, 0) is 25.0 Å². The molecule has 2 fully saturated rings. The second kappa shape index (κ2) is 9.13. The van der Waals surface area contributed by atoms with Gasteiger partial charge in [0, 0.05) is 66.5 Å². The first-order valence-electron chi connectivity index (χ1n) is 11.2. The lowest BCUT2D eigenvalue weighted by molar-refractivity contribution is -0.136. The van der Waals surface area contributed by atoms with Crippen LogP contribution in [0, 0.1) is 6.92 Å². The summed E-state index contributed by atoms with van der Waals surface area (Å²) in [4.78, 5) is 38.6. The molecule has 2 bridgehead atoms. The molecule has 1 aromatic heterocycles. The number of fused-ring (bicyclic) bond motifs is 2. The number of nitrogens with zero attached hydrogens (tertiary/aromatic N) is 4. The van der Waals surface area contributed by atoms with E-state index in [2.05, 4.69) is 15.2 Å². The summed E-state index contributed by atoms with van der Waals surface area (Å²) in [5.41, 5.74) is 2.94. The Hall–Kier alpha value is -2.75. The summed E-state index contributed by atoms with van der Waals surface area (Å²) in [6.45, 7) is 5.59. The number of rotatable bonds is 5. The number of aryl methyl sites for hydroxylation is 1. The minimum absolute atomic E-state index is 0.115. The standard InChI is InChI=1S/C24H26ClN5O3S/c1-13-4-5-17(18(25)8-13)21-20(24(32)33-3)19(27-22(28-21)23-26-6-7-34-23)12-29-10-16-9-15(29)11-30(16)14(2)31/h4-8,15-16,21H,9-12H2,1-3H3,(H,27,28). The third-order valence-corrected chi connectivity index (χ3v) is 7.84. The fraction of sp³-hybridized carbons (Fsp3) is 0.417. The van der Waals surface area contributed by atoms with Gasteiger partial charge in [-0.3, -0.25) is 14.7 Å². The minimum atomic E-state index is -0.621. The highest BCUT2D eigenvalue weighted by molar-refractivity contribution is 7.11. The maximum atomic E-state index is 13.1. The maximum absolute atomic E-state index is 13.1. The van der Waals surface area contributed by atoms with Crippen LogP contribution in [0.2, 0.25) is 5.02 Å². The molecule has 2 saturated heterocycles.